The molecule has 2 aliphatic heterocycles. The van der Waals surface area contributed by atoms with Crippen molar-refractivity contribution in [2.24, 2.45) is 0 Å². The molecular weight excluding hydrogens is 288 g/mol. The van der Waals surface area contributed by atoms with Gasteiger partial charge in [0.05, 0.1) is 0 Å². The molecule has 2 atom stereocenters. The topological polar surface area (TPSA) is 54.0 Å². The van der Waals surface area contributed by atoms with Crippen molar-refractivity contribution >= 4 is 11.8 Å². The number of rotatable bonds is 4. The van der Waals surface area contributed by atoms with Gasteiger partial charge in [-0.15, -0.1) is 11.8 Å². The van der Waals surface area contributed by atoms with Crippen LogP contribution >= 0.6 is 11.8 Å². The van der Waals surface area contributed by atoms with E-state index < -0.39 is 6.10 Å². The van der Waals surface area contributed by atoms with Gasteiger partial charge in [0.1, 0.15) is 12.7 Å². The number of nitrogens with zero attached hydrogens (tertiary/aromatic N) is 1. The first-order valence-corrected chi connectivity index (χ1v) is 8.57. The van der Waals surface area contributed by atoms with Gasteiger partial charge < -0.3 is 19.9 Å². The van der Waals surface area contributed by atoms with E-state index in [1.165, 1.54) is 0 Å². The van der Waals surface area contributed by atoms with E-state index in [0.29, 0.717) is 13.2 Å². The number of aliphatic hydroxyl groups is 1. The fraction of sp³-hybridized carbons (Fsp3) is 0.600. The molecule has 2 aliphatic rings. The Kier molecular flexibility index (Phi) is 4.90. The number of hydrogen-bond acceptors (Lipinski definition) is 6. The number of piperazine rings is 1. The van der Waals surface area contributed by atoms with Gasteiger partial charge in [-0.25, -0.2) is 0 Å². The van der Waals surface area contributed by atoms with Gasteiger partial charge in [-0.2, -0.15) is 0 Å². The third-order valence-corrected chi connectivity index (χ3v) is 4.64. The van der Waals surface area contributed by atoms with Gasteiger partial charge in [0.15, 0.2) is 17.6 Å². The Morgan fingerprint density at radius 1 is 1.38 bits per heavy atom. The van der Waals surface area contributed by atoms with Crippen LogP contribution in [0.2, 0.25) is 0 Å². The SMILES string of the molecule is CSc1ccc2c(c1)OCC(C(O)CN1CCNCC1)O2. The van der Waals surface area contributed by atoms with Crippen molar-refractivity contribution in [2.45, 2.75) is 17.1 Å². The molecule has 0 saturated carbocycles. The highest BCUT2D eigenvalue weighted by Gasteiger charge is 2.29. The van der Waals surface area contributed by atoms with E-state index >= 15 is 0 Å². The van der Waals surface area contributed by atoms with Crippen LogP contribution in [0.1, 0.15) is 0 Å². The minimum absolute atomic E-state index is 0.299. The van der Waals surface area contributed by atoms with Crippen LogP contribution in [0.3, 0.4) is 0 Å². The molecule has 0 spiro atoms. The van der Waals surface area contributed by atoms with Crippen LogP contribution in [-0.2, 0) is 0 Å². The van der Waals surface area contributed by atoms with Gasteiger partial charge >= 0.3 is 0 Å². The number of benzene rings is 1. The quantitative estimate of drug-likeness (QED) is 0.803. The molecule has 0 radical (unpaired) electrons. The number of hydrogen-bond donors (Lipinski definition) is 2. The minimum atomic E-state index is -0.531. The van der Waals surface area contributed by atoms with E-state index in [4.69, 9.17) is 9.47 Å². The van der Waals surface area contributed by atoms with Crippen LogP contribution in [0.5, 0.6) is 11.5 Å². The maximum absolute atomic E-state index is 10.4. The van der Waals surface area contributed by atoms with Crippen molar-refractivity contribution in [3.63, 3.8) is 0 Å². The van der Waals surface area contributed by atoms with Crippen LogP contribution in [0.4, 0.5) is 0 Å². The van der Waals surface area contributed by atoms with Gasteiger partial charge in [-0.1, -0.05) is 0 Å². The molecule has 0 bridgehead atoms. The summed E-state index contributed by atoms with van der Waals surface area (Å²) in [5.74, 6) is 1.50. The van der Waals surface area contributed by atoms with Gasteiger partial charge in [0.2, 0.25) is 0 Å². The van der Waals surface area contributed by atoms with Crippen molar-refractivity contribution in [1.29, 1.82) is 0 Å². The first-order valence-electron chi connectivity index (χ1n) is 7.35. The zero-order chi connectivity index (χ0) is 14.7. The van der Waals surface area contributed by atoms with Crippen LogP contribution in [-0.4, -0.2) is 67.8 Å². The first-order chi connectivity index (χ1) is 10.3. The van der Waals surface area contributed by atoms with Gasteiger partial charge in [0, 0.05) is 37.6 Å². The zero-order valence-electron chi connectivity index (χ0n) is 12.2. The summed E-state index contributed by atoms with van der Waals surface area (Å²) in [5, 5.41) is 13.7. The predicted molar refractivity (Wildman–Crippen MR) is 83.5 cm³/mol. The van der Waals surface area contributed by atoms with Gasteiger partial charge in [-0.3, -0.25) is 4.90 Å². The Hall–Kier alpha value is -0.950. The highest BCUT2D eigenvalue weighted by molar-refractivity contribution is 7.98. The second-order valence-electron chi connectivity index (χ2n) is 5.40. The molecule has 6 heteroatoms. The summed E-state index contributed by atoms with van der Waals surface area (Å²) < 4.78 is 11.7. The second kappa shape index (κ2) is 6.87. The average molecular weight is 310 g/mol. The lowest BCUT2D eigenvalue weighted by atomic mass is 10.1. The van der Waals surface area contributed by atoms with Crippen molar-refractivity contribution in [3.8, 4) is 11.5 Å². The largest absolute Gasteiger partial charge is 0.486 e. The fourth-order valence-corrected chi connectivity index (χ4v) is 3.09. The Bertz CT molecular complexity index is 480. The standard InChI is InChI=1S/C15H22N2O3S/c1-21-11-2-3-13-14(8-11)19-10-15(20-13)12(18)9-17-6-4-16-5-7-17/h2-3,8,12,15-16,18H,4-7,9-10H2,1H3. The third-order valence-electron chi connectivity index (χ3n) is 3.92. The summed E-state index contributed by atoms with van der Waals surface area (Å²) in [5.41, 5.74) is 0. The Balaban J connectivity index is 1.59. The average Bonchev–Trinajstić information content (AvgIpc) is 2.54. The number of β-amino-alcohol motifs (C(OH)–C–C–N with tert-alkyl or cyclic N) is 1. The maximum atomic E-state index is 10.4. The van der Waals surface area contributed by atoms with E-state index in [9.17, 15) is 5.11 Å². The summed E-state index contributed by atoms with van der Waals surface area (Å²) in [6.07, 6.45) is 1.20. The smallest absolute Gasteiger partial charge is 0.162 e. The zero-order valence-corrected chi connectivity index (χ0v) is 13.1. The van der Waals surface area contributed by atoms with Crippen molar-refractivity contribution in [3.05, 3.63) is 18.2 Å². The number of aliphatic hydroxyl groups excluding tert-OH is 1. The summed E-state index contributed by atoms with van der Waals surface area (Å²) in [4.78, 5) is 3.41. The highest BCUT2D eigenvalue weighted by atomic mass is 32.2. The second-order valence-corrected chi connectivity index (χ2v) is 6.28. The molecule has 2 heterocycles. The molecule has 1 saturated heterocycles. The molecule has 5 nitrogen and oxygen atoms in total. The highest BCUT2D eigenvalue weighted by Crippen LogP contribution is 2.35. The molecule has 0 aromatic heterocycles. The molecule has 2 unspecified atom stereocenters. The normalized spacial score (nSPS) is 23.8. The lowest BCUT2D eigenvalue weighted by Crippen LogP contribution is -2.51. The molecule has 0 amide bonds. The Morgan fingerprint density at radius 2 is 2.19 bits per heavy atom. The molecular formula is C15H22N2O3S. The molecule has 3 rings (SSSR count). The van der Waals surface area contributed by atoms with Gasteiger partial charge in [0.25, 0.3) is 0 Å². The molecule has 2 N–H and O–H groups in total. The number of fused-ring (bicyclic) bond motifs is 1. The summed E-state index contributed by atoms with van der Waals surface area (Å²) in [7, 11) is 0. The van der Waals surface area contributed by atoms with Crippen molar-refractivity contribution < 1.29 is 14.6 Å². The maximum Gasteiger partial charge on any atom is 0.162 e. The first kappa shape index (κ1) is 15.0. The van der Waals surface area contributed by atoms with Gasteiger partial charge in [-0.05, 0) is 24.5 Å². The molecule has 1 aromatic rings. The van der Waals surface area contributed by atoms with Crippen LogP contribution in [0.15, 0.2) is 23.1 Å². The van der Waals surface area contributed by atoms with Crippen LogP contribution in [0, 0.1) is 0 Å². The number of ether oxygens (including phenoxy) is 2. The summed E-state index contributed by atoms with van der Waals surface area (Å²) in [6, 6.07) is 5.92. The predicted octanol–water partition coefficient (Wildman–Crippen LogP) is 0.814. The number of nitrogens with one attached hydrogen (secondary N) is 1. The molecule has 116 valence electrons. The third kappa shape index (κ3) is 3.63. The van der Waals surface area contributed by atoms with Crippen LogP contribution in [0.25, 0.3) is 0 Å². The summed E-state index contributed by atoms with van der Waals surface area (Å²) >= 11 is 1.67. The lowest BCUT2D eigenvalue weighted by Gasteiger charge is -2.34. The van der Waals surface area contributed by atoms with E-state index in [2.05, 4.69) is 10.2 Å². The molecule has 21 heavy (non-hydrogen) atoms. The monoisotopic (exact) mass is 310 g/mol. The van der Waals surface area contributed by atoms with E-state index in [1.807, 2.05) is 24.5 Å². The van der Waals surface area contributed by atoms with E-state index in [-0.39, 0.29) is 6.10 Å². The Morgan fingerprint density at radius 3 is 2.95 bits per heavy atom. The lowest BCUT2D eigenvalue weighted by molar-refractivity contribution is -0.0267. The number of thioether (sulfide) groups is 1. The fourth-order valence-electron chi connectivity index (χ4n) is 2.66. The minimum Gasteiger partial charge on any atom is -0.486 e. The molecule has 1 fully saturated rings. The van der Waals surface area contributed by atoms with Crippen molar-refractivity contribution in [1.82, 2.24) is 10.2 Å². The van der Waals surface area contributed by atoms with E-state index in [0.717, 1.165) is 42.6 Å². The summed E-state index contributed by atoms with van der Waals surface area (Å²) in [6.45, 7) is 4.94. The molecule has 1 aromatic carbocycles. The molecule has 0 aliphatic carbocycles. The Labute approximate surface area is 129 Å². The van der Waals surface area contributed by atoms with E-state index in [1.54, 1.807) is 11.8 Å². The van der Waals surface area contributed by atoms with Crippen molar-refractivity contribution in [2.75, 3.05) is 45.6 Å². The van der Waals surface area contributed by atoms with Crippen LogP contribution < -0.4 is 14.8 Å².